The van der Waals surface area contributed by atoms with Gasteiger partial charge in [0, 0.05) is 6.54 Å². The van der Waals surface area contributed by atoms with Gasteiger partial charge in [-0.05, 0) is 85.1 Å². The van der Waals surface area contributed by atoms with Crippen LogP contribution in [0, 0.1) is 5.92 Å². The highest BCUT2D eigenvalue weighted by atomic mass is 16.5. The molecule has 2 aromatic carbocycles. The predicted octanol–water partition coefficient (Wildman–Crippen LogP) is 5.90. The topological polar surface area (TPSA) is 38.5 Å². The van der Waals surface area contributed by atoms with Crippen LogP contribution in [0.5, 0.6) is 11.5 Å². The maximum Gasteiger partial charge on any atom is 0.130 e. The quantitative estimate of drug-likeness (QED) is 0.650. The van der Waals surface area contributed by atoms with E-state index >= 15 is 0 Å². The lowest BCUT2D eigenvalue weighted by Crippen LogP contribution is -2.35. The molecule has 0 atom stereocenters. The van der Waals surface area contributed by atoms with Crippen LogP contribution >= 0.6 is 0 Å². The minimum atomic E-state index is 0.422. The lowest BCUT2D eigenvalue weighted by atomic mass is 9.96. The Morgan fingerprint density at radius 3 is 2.39 bits per heavy atom. The van der Waals surface area contributed by atoms with Gasteiger partial charge in [0.2, 0.25) is 0 Å². The van der Waals surface area contributed by atoms with Crippen LogP contribution in [0.2, 0.25) is 0 Å². The van der Waals surface area contributed by atoms with Crippen LogP contribution in [0.15, 0.2) is 42.5 Å². The minimum Gasteiger partial charge on any atom is -0.457 e. The molecular weight excluding hydrogens is 344 g/mol. The van der Waals surface area contributed by atoms with Gasteiger partial charge in [0.25, 0.3) is 0 Å². The smallest absolute Gasteiger partial charge is 0.130 e. The van der Waals surface area contributed by atoms with E-state index in [0.717, 1.165) is 37.7 Å². The summed E-state index contributed by atoms with van der Waals surface area (Å²) in [7, 11) is 0. The third-order valence-corrected chi connectivity index (χ3v) is 5.90. The molecule has 0 saturated carbocycles. The van der Waals surface area contributed by atoms with E-state index in [-0.39, 0.29) is 0 Å². The Bertz CT molecular complexity index is 761. The summed E-state index contributed by atoms with van der Waals surface area (Å²) >= 11 is 0. The highest BCUT2D eigenvalue weighted by Crippen LogP contribution is 2.33. The molecule has 0 bridgehead atoms. The summed E-state index contributed by atoms with van der Waals surface area (Å²) < 4.78 is 6.31. The summed E-state index contributed by atoms with van der Waals surface area (Å²) in [6, 6.07) is 15.2. The molecule has 0 aliphatic carbocycles. The first-order valence-electron chi connectivity index (χ1n) is 10.8. The Hall–Kier alpha value is -1.84. The Labute approximate surface area is 170 Å². The van der Waals surface area contributed by atoms with Crippen LogP contribution in [0.4, 0.5) is 0 Å². The molecule has 152 valence electrons. The molecule has 28 heavy (non-hydrogen) atoms. The number of nitrogens with two attached hydrogens (primary N) is 1. The van der Waals surface area contributed by atoms with E-state index in [9.17, 15) is 0 Å². The van der Waals surface area contributed by atoms with Gasteiger partial charge in [0.15, 0.2) is 0 Å². The van der Waals surface area contributed by atoms with Gasteiger partial charge in [-0.15, -0.1) is 0 Å². The number of likely N-dealkylation sites (tertiary alicyclic amines) is 1. The van der Waals surface area contributed by atoms with Gasteiger partial charge in [0.1, 0.15) is 11.5 Å². The van der Waals surface area contributed by atoms with E-state index < -0.39 is 0 Å². The Morgan fingerprint density at radius 1 is 1.00 bits per heavy atom. The van der Waals surface area contributed by atoms with Crippen molar-refractivity contribution >= 4 is 0 Å². The molecule has 0 radical (unpaired) electrons. The largest absolute Gasteiger partial charge is 0.457 e. The van der Waals surface area contributed by atoms with Crippen LogP contribution in [-0.2, 0) is 6.54 Å². The zero-order valence-corrected chi connectivity index (χ0v) is 17.9. The van der Waals surface area contributed by atoms with E-state index in [2.05, 4.69) is 69.0 Å². The van der Waals surface area contributed by atoms with E-state index in [4.69, 9.17) is 10.5 Å². The average Bonchev–Trinajstić information content (AvgIpc) is 2.69. The maximum absolute atomic E-state index is 6.31. The van der Waals surface area contributed by atoms with Crippen molar-refractivity contribution in [1.29, 1.82) is 0 Å². The van der Waals surface area contributed by atoms with Crippen LogP contribution in [0.3, 0.4) is 0 Å². The number of hydrogen-bond donors (Lipinski definition) is 1. The van der Waals surface area contributed by atoms with Crippen molar-refractivity contribution in [2.75, 3.05) is 19.6 Å². The van der Waals surface area contributed by atoms with Gasteiger partial charge in [0.05, 0.1) is 0 Å². The molecule has 0 spiro atoms. The lowest BCUT2D eigenvalue weighted by Gasteiger charge is -2.31. The number of piperidine rings is 1. The average molecular weight is 381 g/mol. The van der Waals surface area contributed by atoms with Gasteiger partial charge in [-0.1, -0.05) is 52.0 Å². The highest BCUT2D eigenvalue weighted by molar-refractivity contribution is 5.43. The first-order valence-corrected chi connectivity index (χ1v) is 10.8. The Balaban J connectivity index is 1.73. The van der Waals surface area contributed by atoms with E-state index in [1.54, 1.807) is 0 Å². The fourth-order valence-electron chi connectivity index (χ4n) is 3.94. The molecule has 0 aromatic heterocycles. The monoisotopic (exact) mass is 380 g/mol. The number of benzene rings is 2. The molecule has 1 fully saturated rings. The number of ether oxygens (including phenoxy) is 1. The summed E-state index contributed by atoms with van der Waals surface area (Å²) in [4.78, 5) is 2.55. The second-order valence-electron chi connectivity index (χ2n) is 8.81. The van der Waals surface area contributed by atoms with Gasteiger partial charge in [-0.3, -0.25) is 4.90 Å². The van der Waals surface area contributed by atoms with Crippen molar-refractivity contribution in [3.8, 4) is 11.5 Å². The van der Waals surface area contributed by atoms with Crippen LogP contribution in [-0.4, -0.2) is 24.5 Å². The summed E-state index contributed by atoms with van der Waals surface area (Å²) in [5.41, 5.74) is 9.79. The highest BCUT2D eigenvalue weighted by Gasteiger charge is 2.19. The molecule has 3 rings (SSSR count). The molecular formula is C25H36N2O. The lowest BCUT2D eigenvalue weighted by molar-refractivity contribution is 0.180. The standard InChI is InChI=1S/C25H36N2O/c1-18(2)22-6-5-7-23(15-22)28-25-9-8-21(14-24(25)19(3)4)17-27-12-10-20(16-26)11-13-27/h5-9,14-15,18-20H,10-13,16-17,26H2,1-4H3. The van der Waals surface area contributed by atoms with Crippen molar-refractivity contribution in [1.82, 2.24) is 4.90 Å². The maximum atomic E-state index is 6.31. The third-order valence-electron chi connectivity index (χ3n) is 5.90. The number of hydrogen-bond acceptors (Lipinski definition) is 3. The van der Waals surface area contributed by atoms with Crippen molar-refractivity contribution in [2.24, 2.45) is 11.7 Å². The van der Waals surface area contributed by atoms with Crippen molar-refractivity contribution < 1.29 is 4.74 Å². The van der Waals surface area contributed by atoms with Crippen molar-refractivity contribution in [3.05, 3.63) is 59.2 Å². The fraction of sp³-hybridized carbons (Fsp3) is 0.520. The van der Waals surface area contributed by atoms with Gasteiger partial charge in [-0.25, -0.2) is 0 Å². The summed E-state index contributed by atoms with van der Waals surface area (Å²) in [6.45, 7) is 13.0. The second kappa shape index (κ2) is 9.58. The van der Waals surface area contributed by atoms with Crippen LogP contribution in [0.25, 0.3) is 0 Å². The molecule has 0 unspecified atom stereocenters. The first-order chi connectivity index (χ1) is 13.5. The van der Waals surface area contributed by atoms with Crippen LogP contribution in [0.1, 0.15) is 69.1 Å². The van der Waals surface area contributed by atoms with E-state index in [0.29, 0.717) is 17.8 Å². The molecule has 1 saturated heterocycles. The predicted molar refractivity (Wildman–Crippen MR) is 118 cm³/mol. The number of rotatable bonds is 7. The van der Waals surface area contributed by atoms with Gasteiger partial charge < -0.3 is 10.5 Å². The zero-order valence-electron chi connectivity index (χ0n) is 17.9. The molecule has 1 aliphatic rings. The third kappa shape index (κ3) is 5.36. The second-order valence-corrected chi connectivity index (χ2v) is 8.81. The SMILES string of the molecule is CC(C)c1cccc(Oc2ccc(CN3CCC(CN)CC3)cc2C(C)C)c1. The summed E-state index contributed by atoms with van der Waals surface area (Å²) in [6.07, 6.45) is 2.45. The summed E-state index contributed by atoms with van der Waals surface area (Å²) in [5.74, 6) is 3.52. The molecule has 3 nitrogen and oxygen atoms in total. The number of nitrogens with zero attached hydrogens (tertiary/aromatic N) is 1. The fourth-order valence-corrected chi connectivity index (χ4v) is 3.94. The van der Waals surface area contributed by atoms with Gasteiger partial charge in [-0.2, -0.15) is 0 Å². The van der Waals surface area contributed by atoms with E-state index in [1.807, 2.05) is 6.07 Å². The molecule has 2 N–H and O–H groups in total. The minimum absolute atomic E-state index is 0.422. The normalized spacial score (nSPS) is 16.1. The molecule has 3 heteroatoms. The molecule has 1 heterocycles. The Kier molecular flexibility index (Phi) is 7.14. The van der Waals surface area contributed by atoms with Gasteiger partial charge >= 0.3 is 0 Å². The van der Waals surface area contributed by atoms with Crippen molar-refractivity contribution in [2.45, 2.75) is 58.9 Å². The summed E-state index contributed by atoms with van der Waals surface area (Å²) in [5, 5.41) is 0. The van der Waals surface area contributed by atoms with Crippen LogP contribution < -0.4 is 10.5 Å². The molecule has 1 aliphatic heterocycles. The Morgan fingerprint density at radius 2 is 1.75 bits per heavy atom. The zero-order chi connectivity index (χ0) is 20.1. The molecule has 2 aromatic rings. The molecule has 0 amide bonds. The van der Waals surface area contributed by atoms with Crippen molar-refractivity contribution in [3.63, 3.8) is 0 Å². The van der Waals surface area contributed by atoms with E-state index in [1.165, 1.54) is 29.5 Å². The first kappa shape index (κ1) is 20.9.